The van der Waals surface area contributed by atoms with Crippen molar-refractivity contribution in [2.24, 2.45) is 0 Å². The molecule has 8 heteroatoms. The highest BCUT2D eigenvalue weighted by atomic mass is 32.2. The molecule has 0 aliphatic carbocycles. The average Bonchev–Trinajstić information content (AvgIpc) is 2.78. The molecule has 1 atom stereocenters. The molecule has 1 N–H and O–H groups in total. The Balaban J connectivity index is 1.86. The molecule has 2 aromatic carbocycles. The Labute approximate surface area is 185 Å². The Hall–Kier alpha value is -2.26. The first-order valence-corrected chi connectivity index (χ1v) is 12.1. The van der Waals surface area contributed by atoms with Crippen LogP contribution in [0.4, 0.5) is 0 Å². The van der Waals surface area contributed by atoms with Gasteiger partial charge in [-0.25, -0.2) is 13.1 Å². The lowest BCUT2D eigenvalue weighted by atomic mass is 10.1. The SMILES string of the molecule is CCNS(=O)(=O)c1cccc(C(=O)N(Cc2ccccc2)C(C)CN2CCOCC2)c1. The summed E-state index contributed by atoms with van der Waals surface area (Å²) in [7, 11) is -3.64. The number of carbonyl (C=O) groups excluding carboxylic acids is 1. The molecule has 0 spiro atoms. The summed E-state index contributed by atoms with van der Waals surface area (Å²) in [6.07, 6.45) is 0. The largest absolute Gasteiger partial charge is 0.379 e. The van der Waals surface area contributed by atoms with Crippen LogP contribution in [-0.4, -0.2) is 69.6 Å². The Morgan fingerprint density at radius 1 is 1.13 bits per heavy atom. The van der Waals surface area contributed by atoms with E-state index in [2.05, 4.69) is 9.62 Å². The molecule has 1 saturated heterocycles. The van der Waals surface area contributed by atoms with Crippen molar-refractivity contribution in [3.8, 4) is 0 Å². The predicted molar refractivity (Wildman–Crippen MR) is 120 cm³/mol. The summed E-state index contributed by atoms with van der Waals surface area (Å²) in [6, 6.07) is 16.0. The Bertz CT molecular complexity index is 960. The lowest BCUT2D eigenvalue weighted by Crippen LogP contribution is -2.48. The summed E-state index contributed by atoms with van der Waals surface area (Å²) >= 11 is 0. The van der Waals surface area contributed by atoms with Gasteiger partial charge in [0.25, 0.3) is 5.91 Å². The van der Waals surface area contributed by atoms with E-state index in [1.54, 1.807) is 19.1 Å². The normalized spacial score (nSPS) is 16.1. The predicted octanol–water partition coefficient (Wildman–Crippen LogP) is 2.35. The summed E-state index contributed by atoms with van der Waals surface area (Å²) in [5, 5.41) is 0. The standard InChI is InChI=1S/C23H31N3O4S/c1-3-24-31(28,29)22-11-7-10-21(16-22)23(27)26(18-20-8-5-4-6-9-20)19(2)17-25-12-14-30-15-13-25/h4-11,16,19,24H,3,12-15,17-18H2,1-2H3. The van der Waals surface area contributed by atoms with Crippen LogP contribution >= 0.6 is 0 Å². The molecule has 1 amide bonds. The van der Waals surface area contributed by atoms with Crippen molar-refractivity contribution in [3.05, 3.63) is 65.7 Å². The van der Waals surface area contributed by atoms with E-state index in [1.165, 1.54) is 12.1 Å². The molecular weight excluding hydrogens is 414 g/mol. The minimum Gasteiger partial charge on any atom is -0.379 e. The third kappa shape index (κ3) is 6.36. The number of amides is 1. The summed E-state index contributed by atoms with van der Waals surface area (Å²) < 4.78 is 32.7. The second-order valence-corrected chi connectivity index (χ2v) is 9.48. The third-order valence-electron chi connectivity index (χ3n) is 5.34. The summed E-state index contributed by atoms with van der Waals surface area (Å²) in [5.74, 6) is -0.182. The molecule has 31 heavy (non-hydrogen) atoms. The molecule has 0 bridgehead atoms. The minimum absolute atomic E-state index is 0.0557. The fourth-order valence-corrected chi connectivity index (χ4v) is 4.79. The first-order chi connectivity index (χ1) is 14.9. The van der Waals surface area contributed by atoms with Gasteiger partial charge in [0.2, 0.25) is 10.0 Å². The van der Waals surface area contributed by atoms with Crippen LogP contribution in [0.15, 0.2) is 59.5 Å². The number of morpholine rings is 1. The summed E-state index contributed by atoms with van der Waals surface area (Å²) in [5.41, 5.74) is 1.39. The van der Waals surface area contributed by atoms with Crippen LogP contribution in [0.3, 0.4) is 0 Å². The Morgan fingerprint density at radius 2 is 1.84 bits per heavy atom. The van der Waals surface area contributed by atoms with E-state index in [4.69, 9.17) is 4.74 Å². The topological polar surface area (TPSA) is 79.0 Å². The van der Waals surface area contributed by atoms with Gasteiger partial charge in [0.05, 0.1) is 18.1 Å². The van der Waals surface area contributed by atoms with Crippen molar-refractivity contribution >= 4 is 15.9 Å². The number of carbonyl (C=O) groups is 1. The number of ether oxygens (including phenoxy) is 1. The lowest BCUT2D eigenvalue weighted by molar-refractivity contribution is 0.0228. The smallest absolute Gasteiger partial charge is 0.254 e. The third-order valence-corrected chi connectivity index (χ3v) is 6.88. The van der Waals surface area contributed by atoms with Crippen LogP contribution in [0.25, 0.3) is 0 Å². The van der Waals surface area contributed by atoms with E-state index >= 15 is 0 Å². The van der Waals surface area contributed by atoms with E-state index in [0.29, 0.717) is 25.3 Å². The van der Waals surface area contributed by atoms with Crippen molar-refractivity contribution in [2.75, 3.05) is 39.4 Å². The van der Waals surface area contributed by atoms with Crippen molar-refractivity contribution in [2.45, 2.75) is 31.3 Å². The molecule has 1 heterocycles. The quantitative estimate of drug-likeness (QED) is 0.641. The molecule has 0 aromatic heterocycles. The first-order valence-electron chi connectivity index (χ1n) is 10.7. The second-order valence-electron chi connectivity index (χ2n) is 7.71. The van der Waals surface area contributed by atoms with Gasteiger partial charge < -0.3 is 9.64 Å². The fraction of sp³-hybridized carbons (Fsp3) is 0.435. The first kappa shape index (κ1) is 23.4. The van der Waals surface area contributed by atoms with Crippen LogP contribution in [-0.2, 0) is 21.3 Å². The molecule has 7 nitrogen and oxygen atoms in total. The highest BCUT2D eigenvalue weighted by Gasteiger charge is 2.25. The highest BCUT2D eigenvalue weighted by Crippen LogP contribution is 2.18. The molecule has 1 aliphatic rings. The number of hydrogen-bond donors (Lipinski definition) is 1. The summed E-state index contributed by atoms with van der Waals surface area (Å²) in [4.78, 5) is 17.8. The van der Waals surface area contributed by atoms with Crippen molar-refractivity contribution < 1.29 is 17.9 Å². The van der Waals surface area contributed by atoms with Crippen LogP contribution < -0.4 is 4.72 Å². The van der Waals surface area contributed by atoms with Gasteiger partial charge in [-0.1, -0.05) is 43.3 Å². The van der Waals surface area contributed by atoms with Gasteiger partial charge in [0, 0.05) is 44.3 Å². The maximum atomic E-state index is 13.5. The lowest BCUT2D eigenvalue weighted by Gasteiger charge is -2.35. The van der Waals surface area contributed by atoms with Gasteiger partial charge in [-0.05, 0) is 30.7 Å². The van der Waals surface area contributed by atoms with E-state index in [1.807, 2.05) is 42.2 Å². The number of rotatable bonds is 9. The van der Waals surface area contributed by atoms with Gasteiger partial charge >= 0.3 is 0 Å². The van der Waals surface area contributed by atoms with E-state index in [9.17, 15) is 13.2 Å². The van der Waals surface area contributed by atoms with Crippen LogP contribution in [0.2, 0.25) is 0 Å². The second kappa shape index (κ2) is 10.9. The molecule has 1 unspecified atom stereocenters. The molecule has 1 fully saturated rings. The molecule has 168 valence electrons. The van der Waals surface area contributed by atoms with Crippen molar-refractivity contribution in [1.82, 2.24) is 14.5 Å². The van der Waals surface area contributed by atoms with E-state index in [-0.39, 0.29) is 23.4 Å². The monoisotopic (exact) mass is 445 g/mol. The zero-order chi connectivity index (χ0) is 22.3. The molecular formula is C23H31N3O4S. The number of nitrogens with one attached hydrogen (secondary N) is 1. The zero-order valence-electron chi connectivity index (χ0n) is 18.2. The maximum absolute atomic E-state index is 13.5. The minimum atomic E-state index is -3.64. The van der Waals surface area contributed by atoms with E-state index < -0.39 is 10.0 Å². The molecule has 1 aliphatic heterocycles. The van der Waals surface area contributed by atoms with Gasteiger partial charge in [-0.2, -0.15) is 0 Å². The number of sulfonamides is 1. The van der Waals surface area contributed by atoms with Crippen LogP contribution in [0, 0.1) is 0 Å². The van der Waals surface area contributed by atoms with E-state index in [0.717, 1.165) is 25.2 Å². The zero-order valence-corrected chi connectivity index (χ0v) is 19.0. The van der Waals surface area contributed by atoms with Gasteiger partial charge in [-0.3, -0.25) is 9.69 Å². The summed E-state index contributed by atoms with van der Waals surface area (Å²) in [6.45, 7) is 8.32. The number of benzene rings is 2. The average molecular weight is 446 g/mol. The number of nitrogens with zero attached hydrogens (tertiary/aromatic N) is 2. The van der Waals surface area contributed by atoms with Gasteiger partial charge in [0.15, 0.2) is 0 Å². The Kier molecular flexibility index (Phi) is 8.20. The highest BCUT2D eigenvalue weighted by molar-refractivity contribution is 7.89. The Morgan fingerprint density at radius 3 is 2.52 bits per heavy atom. The molecule has 2 aromatic rings. The van der Waals surface area contributed by atoms with Crippen molar-refractivity contribution in [1.29, 1.82) is 0 Å². The van der Waals surface area contributed by atoms with Crippen molar-refractivity contribution in [3.63, 3.8) is 0 Å². The molecule has 0 radical (unpaired) electrons. The molecule has 0 saturated carbocycles. The number of hydrogen-bond acceptors (Lipinski definition) is 5. The maximum Gasteiger partial charge on any atom is 0.254 e. The van der Waals surface area contributed by atoms with Crippen LogP contribution in [0.1, 0.15) is 29.8 Å². The molecule has 3 rings (SSSR count). The van der Waals surface area contributed by atoms with Gasteiger partial charge in [0.1, 0.15) is 0 Å². The van der Waals surface area contributed by atoms with Crippen LogP contribution in [0.5, 0.6) is 0 Å². The van der Waals surface area contributed by atoms with Gasteiger partial charge in [-0.15, -0.1) is 0 Å². The fourth-order valence-electron chi connectivity index (χ4n) is 3.70.